The molecule has 0 heterocycles. The van der Waals surface area contributed by atoms with Crippen LogP contribution in [0.1, 0.15) is 27.2 Å². The van der Waals surface area contributed by atoms with E-state index in [0.717, 1.165) is 0 Å². The Kier molecular flexibility index (Phi) is 3.40. The van der Waals surface area contributed by atoms with E-state index in [0.29, 0.717) is 13.0 Å². The minimum absolute atomic E-state index is 0.196. The van der Waals surface area contributed by atoms with Crippen molar-refractivity contribution >= 4 is 5.97 Å². The molecule has 0 amide bonds. The molecule has 0 N–H and O–H groups in total. The lowest BCUT2D eigenvalue weighted by molar-refractivity contribution is -0.152. The van der Waals surface area contributed by atoms with E-state index in [-0.39, 0.29) is 5.97 Å². The SMILES string of the molecule is [CH]CCOC(=O)C(C)(C)C. The second-order valence-electron chi connectivity index (χ2n) is 3.17. The molecule has 0 aliphatic carbocycles. The highest BCUT2D eigenvalue weighted by Crippen LogP contribution is 2.14. The summed E-state index contributed by atoms with van der Waals surface area (Å²) in [5, 5.41) is 0. The van der Waals surface area contributed by atoms with Crippen molar-refractivity contribution < 1.29 is 9.53 Å². The van der Waals surface area contributed by atoms with Crippen LogP contribution in [0.25, 0.3) is 0 Å². The van der Waals surface area contributed by atoms with E-state index < -0.39 is 5.41 Å². The van der Waals surface area contributed by atoms with Crippen LogP contribution < -0.4 is 0 Å². The summed E-state index contributed by atoms with van der Waals surface area (Å²) < 4.78 is 4.79. The lowest BCUT2D eigenvalue weighted by Gasteiger charge is -2.15. The fourth-order valence-corrected chi connectivity index (χ4v) is 0.368. The Morgan fingerprint density at radius 1 is 1.50 bits per heavy atom. The summed E-state index contributed by atoms with van der Waals surface area (Å²) in [5.74, 6) is -0.196. The summed E-state index contributed by atoms with van der Waals surface area (Å²) in [6, 6.07) is 0. The van der Waals surface area contributed by atoms with Gasteiger partial charge in [0, 0.05) is 0 Å². The lowest BCUT2D eigenvalue weighted by atomic mass is 9.97. The molecule has 0 bridgehead atoms. The van der Waals surface area contributed by atoms with Crippen molar-refractivity contribution in [3.8, 4) is 0 Å². The standard InChI is InChI=1S/C8H14O2/c1-5-6-10-7(9)8(2,3)4/h1H,5-6H2,2-4H3. The molecule has 0 spiro atoms. The zero-order chi connectivity index (χ0) is 8.20. The highest BCUT2D eigenvalue weighted by molar-refractivity contribution is 5.75. The Balaban J connectivity index is 3.64. The first-order chi connectivity index (χ1) is 4.48. The van der Waals surface area contributed by atoms with E-state index in [9.17, 15) is 4.79 Å². The molecule has 0 aliphatic heterocycles. The summed E-state index contributed by atoms with van der Waals surface area (Å²) in [7, 11) is 0. The molecule has 0 rings (SSSR count). The molecular weight excluding hydrogens is 128 g/mol. The molecule has 0 aromatic heterocycles. The van der Waals surface area contributed by atoms with Gasteiger partial charge in [-0.15, -0.1) is 0 Å². The molecule has 0 aliphatic rings. The van der Waals surface area contributed by atoms with Crippen molar-refractivity contribution in [1.29, 1.82) is 0 Å². The molecule has 10 heavy (non-hydrogen) atoms. The van der Waals surface area contributed by atoms with Crippen LogP contribution in [0.2, 0.25) is 0 Å². The first kappa shape index (κ1) is 9.47. The van der Waals surface area contributed by atoms with Crippen molar-refractivity contribution in [3.63, 3.8) is 0 Å². The van der Waals surface area contributed by atoms with Gasteiger partial charge in [-0.2, -0.15) is 0 Å². The van der Waals surface area contributed by atoms with Gasteiger partial charge in [0.15, 0.2) is 0 Å². The minimum Gasteiger partial charge on any atom is -0.465 e. The van der Waals surface area contributed by atoms with Gasteiger partial charge in [0.1, 0.15) is 0 Å². The molecule has 0 fully saturated rings. The first-order valence-electron chi connectivity index (χ1n) is 3.36. The molecule has 0 saturated heterocycles. The zero-order valence-electron chi connectivity index (χ0n) is 6.81. The monoisotopic (exact) mass is 142 g/mol. The Labute approximate surface area is 62.6 Å². The van der Waals surface area contributed by atoms with E-state index in [1.807, 2.05) is 20.8 Å². The van der Waals surface area contributed by atoms with Gasteiger partial charge in [-0.05, 0) is 34.1 Å². The third kappa shape index (κ3) is 3.49. The van der Waals surface area contributed by atoms with Gasteiger partial charge in [0.05, 0.1) is 12.0 Å². The number of hydrogen-bond acceptors (Lipinski definition) is 2. The van der Waals surface area contributed by atoms with Crippen molar-refractivity contribution in [1.82, 2.24) is 0 Å². The van der Waals surface area contributed by atoms with Crippen LogP contribution in [0.3, 0.4) is 0 Å². The quantitative estimate of drug-likeness (QED) is 0.548. The number of esters is 1. The van der Waals surface area contributed by atoms with Crippen molar-refractivity contribution in [2.24, 2.45) is 5.41 Å². The smallest absolute Gasteiger partial charge is 0.311 e. The molecule has 2 radical (unpaired) electrons. The van der Waals surface area contributed by atoms with Gasteiger partial charge in [-0.3, -0.25) is 4.79 Å². The molecule has 0 saturated carbocycles. The van der Waals surface area contributed by atoms with Gasteiger partial charge in [-0.25, -0.2) is 0 Å². The van der Waals surface area contributed by atoms with Crippen LogP contribution in [0.4, 0.5) is 0 Å². The molecule has 0 aromatic rings. The third-order valence-corrected chi connectivity index (χ3v) is 0.963. The summed E-state index contributed by atoms with van der Waals surface area (Å²) in [5.41, 5.74) is -0.408. The highest BCUT2D eigenvalue weighted by Gasteiger charge is 2.22. The van der Waals surface area contributed by atoms with Crippen molar-refractivity contribution in [2.75, 3.05) is 6.61 Å². The predicted molar refractivity (Wildman–Crippen MR) is 39.3 cm³/mol. The van der Waals surface area contributed by atoms with Crippen LogP contribution >= 0.6 is 0 Å². The largest absolute Gasteiger partial charge is 0.465 e. The average Bonchev–Trinajstić information content (AvgIpc) is 1.80. The van der Waals surface area contributed by atoms with Crippen LogP contribution in [-0.2, 0) is 9.53 Å². The van der Waals surface area contributed by atoms with Crippen molar-refractivity contribution in [3.05, 3.63) is 6.92 Å². The fourth-order valence-electron chi connectivity index (χ4n) is 0.368. The maximum Gasteiger partial charge on any atom is 0.311 e. The predicted octanol–water partition coefficient (Wildman–Crippen LogP) is 1.68. The Morgan fingerprint density at radius 2 is 2.00 bits per heavy atom. The van der Waals surface area contributed by atoms with Crippen molar-refractivity contribution in [2.45, 2.75) is 27.2 Å². The van der Waals surface area contributed by atoms with Crippen LogP contribution in [0.5, 0.6) is 0 Å². The van der Waals surface area contributed by atoms with E-state index >= 15 is 0 Å². The number of carbonyl (C=O) groups is 1. The number of carbonyl (C=O) groups excluding carboxylic acids is 1. The zero-order valence-corrected chi connectivity index (χ0v) is 6.81. The molecule has 58 valence electrons. The van der Waals surface area contributed by atoms with Gasteiger partial charge in [0.2, 0.25) is 0 Å². The fraction of sp³-hybridized carbons (Fsp3) is 0.750. The minimum atomic E-state index is -0.408. The second-order valence-corrected chi connectivity index (χ2v) is 3.17. The van der Waals surface area contributed by atoms with E-state index in [1.165, 1.54) is 0 Å². The Bertz CT molecular complexity index is 111. The molecular formula is C8H14O2. The Morgan fingerprint density at radius 3 is 2.30 bits per heavy atom. The molecule has 2 heteroatoms. The van der Waals surface area contributed by atoms with Gasteiger partial charge in [0.25, 0.3) is 0 Å². The first-order valence-corrected chi connectivity index (χ1v) is 3.36. The van der Waals surface area contributed by atoms with Crippen LogP contribution in [0.15, 0.2) is 0 Å². The van der Waals surface area contributed by atoms with E-state index in [2.05, 4.69) is 0 Å². The summed E-state index contributed by atoms with van der Waals surface area (Å²) in [4.78, 5) is 10.9. The van der Waals surface area contributed by atoms with Gasteiger partial charge >= 0.3 is 5.97 Å². The van der Waals surface area contributed by atoms with Gasteiger partial charge in [-0.1, -0.05) is 0 Å². The topological polar surface area (TPSA) is 26.3 Å². The Hall–Kier alpha value is -0.530. The summed E-state index contributed by atoms with van der Waals surface area (Å²) in [6.45, 7) is 10.9. The maximum absolute atomic E-state index is 10.9. The van der Waals surface area contributed by atoms with E-state index in [4.69, 9.17) is 11.7 Å². The summed E-state index contributed by atoms with van der Waals surface area (Å²) >= 11 is 0. The molecule has 2 nitrogen and oxygen atoms in total. The third-order valence-electron chi connectivity index (χ3n) is 0.963. The van der Waals surface area contributed by atoms with Crippen LogP contribution in [-0.4, -0.2) is 12.6 Å². The number of ether oxygens (including phenoxy) is 1. The summed E-state index contributed by atoms with van der Waals surface area (Å²) in [6.07, 6.45) is 0.391. The lowest BCUT2D eigenvalue weighted by Crippen LogP contribution is -2.23. The van der Waals surface area contributed by atoms with E-state index in [1.54, 1.807) is 0 Å². The maximum atomic E-state index is 10.9. The number of hydrogen-bond donors (Lipinski definition) is 0. The molecule has 0 atom stereocenters. The average molecular weight is 142 g/mol. The van der Waals surface area contributed by atoms with Gasteiger partial charge < -0.3 is 4.74 Å². The normalized spacial score (nSPS) is 11.2. The molecule has 0 unspecified atom stereocenters. The molecule has 0 aromatic carbocycles. The highest BCUT2D eigenvalue weighted by atomic mass is 16.5. The van der Waals surface area contributed by atoms with Crippen LogP contribution in [0, 0.1) is 12.3 Å². The second kappa shape index (κ2) is 3.59. The number of rotatable bonds is 2.